The number of rotatable bonds is 22. The van der Waals surface area contributed by atoms with Gasteiger partial charge in [-0.05, 0) is 86.9 Å². The molecular formula is C55H88O32S3. The molecule has 0 radical (unpaired) electrons. The van der Waals surface area contributed by atoms with Crippen molar-refractivity contribution < 1.29 is 149 Å². The van der Waals surface area contributed by atoms with Gasteiger partial charge in [0.15, 0.2) is 25.2 Å². The molecule has 90 heavy (non-hydrogen) atoms. The van der Waals surface area contributed by atoms with Gasteiger partial charge < -0.3 is 87.9 Å². The van der Waals surface area contributed by atoms with Crippen LogP contribution in [0.4, 0.5) is 0 Å². The fourth-order valence-corrected chi connectivity index (χ4v) is 17.7. The van der Waals surface area contributed by atoms with Crippen molar-refractivity contribution in [3.8, 4) is 0 Å². The smallest absolute Gasteiger partial charge is 0.397 e. The quantitative estimate of drug-likeness (QED) is 0.0365. The molecule has 5 heterocycles. The van der Waals surface area contributed by atoms with E-state index in [4.69, 9.17) is 60.8 Å². The normalized spacial score (nSPS) is 46.3. The molecule has 10 N–H and O–H groups in total. The lowest BCUT2D eigenvalue weighted by Gasteiger charge is -2.63. The molecule has 518 valence electrons. The molecule has 0 aromatic rings. The van der Waals surface area contributed by atoms with Gasteiger partial charge in [0.2, 0.25) is 0 Å². The minimum atomic E-state index is -5.25. The highest BCUT2D eigenvalue weighted by Crippen LogP contribution is 2.75. The molecule has 0 aromatic carbocycles. The van der Waals surface area contributed by atoms with E-state index < -0.39 is 208 Å². The van der Waals surface area contributed by atoms with E-state index >= 15 is 0 Å². The van der Waals surface area contributed by atoms with E-state index in [0.29, 0.717) is 50.9 Å². The molecule has 0 bridgehead atoms. The zero-order chi connectivity index (χ0) is 66.3. The van der Waals surface area contributed by atoms with E-state index in [1.165, 1.54) is 13.8 Å². The molecule has 1 spiro atoms. The van der Waals surface area contributed by atoms with Crippen molar-refractivity contribution in [3.05, 3.63) is 11.6 Å². The van der Waals surface area contributed by atoms with Crippen molar-refractivity contribution in [2.45, 2.75) is 248 Å². The van der Waals surface area contributed by atoms with Crippen molar-refractivity contribution in [2.75, 3.05) is 26.9 Å². The first-order valence-electron chi connectivity index (χ1n) is 30.2. The van der Waals surface area contributed by atoms with Crippen LogP contribution in [0.15, 0.2) is 11.6 Å². The van der Waals surface area contributed by atoms with Gasteiger partial charge in [-0.1, -0.05) is 59.6 Å². The average molecular weight is 1360 g/mol. The third kappa shape index (κ3) is 14.1. The molecule has 4 aliphatic carbocycles. The SMILES string of the molecule is CO[C@@H]1[C@@H](O)[C@H](O[C@@H]2[C@@H](O)[C@H](O[C@H]3[C@H](O)[C@@H](O)[C@H](O[C@H]4[C@H](O[C@H]5CC[C@]6(C)[C@H]7CCC89C(=O)O[C@@H](CCCC(C)C)C8C(OC(C)=O)C[C@@]9(C)C7=CC[C@H]6C5(C)C)OC[C@@H](OS(=O)(=O)O)[C@@H]4O)O[C@@H]3C)O[C@H](COS(=O)(=O)O)[C@H]2O)O[C@H](COS(=O)(=O)O)[C@H]1O. The van der Waals surface area contributed by atoms with Crippen LogP contribution in [0.3, 0.4) is 0 Å². The summed E-state index contributed by atoms with van der Waals surface area (Å²) in [7, 11) is -14.6. The summed E-state index contributed by atoms with van der Waals surface area (Å²) in [6, 6.07) is 0. The van der Waals surface area contributed by atoms with Gasteiger partial charge >= 0.3 is 43.1 Å². The summed E-state index contributed by atoms with van der Waals surface area (Å²) in [6.45, 7) is 12.4. The number of esters is 2. The number of carbonyl (C=O) groups excluding carboxylic acids is 2. The van der Waals surface area contributed by atoms with Crippen molar-refractivity contribution in [2.24, 2.45) is 45.3 Å². The Hall–Kier alpha value is -2.35. The summed E-state index contributed by atoms with van der Waals surface area (Å²) >= 11 is 0. The van der Waals surface area contributed by atoms with E-state index in [-0.39, 0.29) is 29.1 Å². The molecular weight excluding hydrogens is 1270 g/mol. The van der Waals surface area contributed by atoms with Crippen molar-refractivity contribution in [1.82, 2.24) is 0 Å². The molecule has 5 saturated heterocycles. The van der Waals surface area contributed by atoms with Crippen LogP contribution in [0.5, 0.6) is 0 Å². The van der Waals surface area contributed by atoms with E-state index in [9.17, 15) is 79.7 Å². The molecule has 3 unspecified atom stereocenters. The molecule has 0 amide bonds. The van der Waals surface area contributed by atoms with Crippen molar-refractivity contribution in [1.29, 1.82) is 0 Å². The Labute approximate surface area is 522 Å². The lowest BCUT2D eigenvalue weighted by Crippen LogP contribution is -2.67. The van der Waals surface area contributed by atoms with E-state index in [1.807, 2.05) is 13.8 Å². The number of cyclic esters (lactones) is 1. The lowest BCUT2D eigenvalue weighted by atomic mass is 9.41. The molecule has 28 atom stereocenters. The predicted octanol–water partition coefficient (Wildman–Crippen LogP) is -0.675. The first-order chi connectivity index (χ1) is 41.8. The highest BCUT2D eigenvalue weighted by molar-refractivity contribution is 7.81. The number of hydrogen-bond donors (Lipinski definition) is 10. The maximum Gasteiger partial charge on any atom is 0.397 e. The Morgan fingerprint density at radius 1 is 0.678 bits per heavy atom. The summed E-state index contributed by atoms with van der Waals surface area (Å²) in [5, 5.41) is 80.3. The number of allylic oxidation sites excluding steroid dienone is 2. The largest absolute Gasteiger partial charge is 0.462 e. The third-order valence-electron chi connectivity index (χ3n) is 20.8. The molecule has 9 aliphatic rings. The number of ether oxygens (including phenoxy) is 11. The Morgan fingerprint density at radius 3 is 1.83 bits per heavy atom. The summed E-state index contributed by atoms with van der Waals surface area (Å²) in [4.78, 5) is 27.2. The monoisotopic (exact) mass is 1360 g/mol. The minimum absolute atomic E-state index is 0.00347. The van der Waals surface area contributed by atoms with E-state index in [2.05, 4.69) is 42.1 Å². The predicted molar refractivity (Wildman–Crippen MR) is 298 cm³/mol. The highest BCUT2D eigenvalue weighted by atomic mass is 32.3. The van der Waals surface area contributed by atoms with Crippen LogP contribution in [0.25, 0.3) is 0 Å². The van der Waals surface area contributed by atoms with Gasteiger partial charge in [0.1, 0.15) is 97.7 Å². The summed E-state index contributed by atoms with van der Waals surface area (Å²) < 4.78 is 177. The van der Waals surface area contributed by atoms with Crippen molar-refractivity contribution in [3.63, 3.8) is 0 Å². The average Bonchev–Trinajstić information content (AvgIpc) is 1.45. The zero-order valence-electron chi connectivity index (χ0n) is 51.3. The number of fused-ring (bicyclic) bond motifs is 4. The molecule has 9 rings (SSSR count). The summed E-state index contributed by atoms with van der Waals surface area (Å²) in [6.07, 6.45) is -30.3. The number of methoxy groups -OCH3 is 1. The van der Waals surface area contributed by atoms with Gasteiger partial charge in [-0.15, -0.1) is 0 Å². The van der Waals surface area contributed by atoms with Gasteiger partial charge in [0.25, 0.3) is 0 Å². The molecule has 3 saturated carbocycles. The minimum Gasteiger partial charge on any atom is -0.462 e. The second kappa shape index (κ2) is 26.9. The van der Waals surface area contributed by atoms with Crippen LogP contribution in [-0.2, 0) is 105 Å². The molecule has 0 aromatic heterocycles. The fraction of sp³-hybridized carbons (Fsp3) is 0.927. The van der Waals surface area contributed by atoms with Crippen LogP contribution in [-0.4, -0.2) is 249 Å². The highest BCUT2D eigenvalue weighted by Gasteiger charge is 2.77. The van der Waals surface area contributed by atoms with Gasteiger partial charge in [-0.3, -0.25) is 23.2 Å². The topological polar surface area (TPSA) is 468 Å². The second-order valence-electron chi connectivity index (χ2n) is 26.9. The molecule has 8 fully saturated rings. The standard InChI is InChI=1S/C55H88O32S3/c1-23(2)11-10-12-28-35-29(79-25(4)56)19-54(8)27-13-14-33-52(5,6)34(16-17-53(33,7)26(27)15-18-55(35,54)51(64)82-28)83-50-46(38(59)32(20-75-50)87-90(71,72)73)86-47-40(61)39(60)43(24(3)78-47)84-49-42(63)45(37(58)31(81-49)22-77-89(68,69)70)85-48-41(62)44(74-9)36(57)30(80-48)21-76-88(65,66)67/h13,23-24,26,28-50,57-63H,10-12,14-22H2,1-9H3,(H,65,66,67)(H,68,69,70)(H,71,72,73)/t24-,26+,28+,29?,30-,31-,32-,33+,34+,35?,36-,37-,38+,39-,40-,41-,42-,43-,44+,45+,46-,47+,48+,49+,50+,53-,54+,55?/m1/s1. The molecule has 32 nitrogen and oxygen atoms in total. The Balaban J connectivity index is 0.921. The van der Waals surface area contributed by atoms with Crippen LogP contribution in [0.1, 0.15) is 113 Å². The third-order valence-corrected chi connectivity index (χ3v) is 22.1. The Bertz CT molecular complexity index is 2930. The van der Waals surface area contributed by atoms with Crippen molar-refractivity contribution >= 4 is 43.1 Å². The van der Waals surface area contributed by atoms with Crippen LogP contribution < -0.4 is 0 Å². The van der Waals surface area contributed by atoms with Crippen LogP contribution in [0.2, 0.25) is 0 Å². The summed E-state index contributed by atoms with van der Waals surface area (Å²) in [5.74, 6) is -0.588. The fourth-order valence-electron chi connectivity index (χ4n) is 16.6. The van der Waals surface area contributed by atoms with Crippen LogP contribution in [0, 0.1) is 45.3 Å². The molecule has 35 heteroatoms. The number of carbonyl (C=O) groups is 2. The first-order valence-corrected chi connectivity index (χ1v) is 34.3. The van der Waals surface area contributed by atoms with E-state index in [1.54, 1.807) is 0 Å². The summed E-state index contributed by atoms with van der Waals surface area (Å²) in [5.41, 5.74) is -1.49. The number of hydrogen-bond acceptors (Lipinski definition) is 29. The maximum atomic E-state index is 14.5. The van der Waals surface area contributed by atoms with Gasteiger partial charge in [-0.2, -0.15) is 25.3 Å². The van der Waals surface area contributed by atoms with Gasteiger partial charge in [0.05, 0.1) is 43.4 Å². The van der Waals surface area contributed by atoms with Gasteiger partial charge in [-0.25, -0.2) is 12.5 Å². The number of aliphatic hydroxyl groups excluding tert-OH is 7. The Morgan fingerprint density at radius 2 is 1.26 bits per heavy atom. The maximum absolute atomic E-state index is 14.5. The Kier molecular flexibility index (Phi) is 21.5. The second-order valence-corrected chi connectivity index (χ2v) is 30.1. The number of aliphatic hydroxyl groups is 7. The van der Waals surface area contributed by atoms with Gasteiger partial charge in [0, 0.05) is 19.4 Å². The molecule has 5 aliphatic heterocycles. The first kappa shape index (κ1) is 71.9. The van der Waals surface area contributed by atoms with Crippen LogP contribution >= 0.6 is 0 Å². The van der Waals surface area contributed by atoms with E-state index in [0.717, 1.165) is 25.5 Å². The zero-order valence-corrected chi connectivity index (χ0v) is 53.7. The lowest BCUT2D eigenvalue weighted by molar-refractivity contribution is -0.389.